The van der Waals surface area contributed by atoms with Crippen molar-refractivity contribution in [2.45, 2.75) is 0 Å². The van der Waals surface area contributed by atoms with Crippen LogP contribution in [-0.4, -0.2) is 17.9 Å². The van der Waals surface area contributed by atoms with E-state index in [4.69, 9.17) is 4.74 Å². The van der Waals surface area contributed by atoms with Crippen molar-refractivity contribution >= 4 is 17.2 Å². The Morgan fingerprint density at radius 1 is 0.913 bits per heavy atom. The molecule has 1 N–H and O–H groups in total. The van der Waals surface area contributed by atoms with Gasteiger partial charge in [-0.3, -0.25) is 9.78 Å². The largest absolute Gasteiger partial charge is 0.495 e. The molecule has 0 saturated heterocycles. The van der Waals surface area contributed by atoms with Crippen LogP contribution in [0, 0.1) is 0 Å². The van der Waals surface area contributed by atoms with Crippen LogP contribution in [0.3, 0.4) is 0 Å². The van der Waals surface area contributed by atoms with Crippen LogP contribution < -0.4 is 10.1 Å². The molecule has 114 valence electrons. The molecule has 0 radical (unpaired) electrons. The number of aromatic nitrogens is 1. The van der Waals surface area contributed by atoms with Gasteiger partial charge < -0.3 is 10.1 Å². The molecule has 0 spiro atoms. The highest BCUT2D eigenvalue weighted by atomic mass is 16.5. The van der Waals surface area contributed by atoms with Crippen molar-refractivity contribution in [2.24, 2.45) is 0 Å². The van der Waals surface area contributed by atoms with Gasteiger partial charge >= 0.3 is 0 Å². The number of methoxy groups -OCH3 is 1. The van der Waals surface area contributed by atoms with E-state index >= 15 is 0 Å². The van der Waals surface area contributed by atoms with Gasteiger partial charge in [0.25, 0.3) is 0 Å². The molecule has 1 heterocycles. The molecule has 1 aromatic heterocycles. The lowest BCUT2D eigenvalue weighted by Gasteiger charge is -2.11. The van der Waals surface area contributed by atoms with E-state index < -0.39 is 0 Å². The number of carbonyl (C=O) groups excluding carboxylic acids is 1. The molecular weight excluding hydrogens is 288 g/mol. The molecule has 4 heteroatoms. The topological polar surface area (TPSA) is 51.2 Å². The maximum Gasteiger partial charge on any atom is 0.193 e. The van der Waals surface area contributed by atoms with Crippen molar-refractivity contribution < 1.29 is 9.53 Å². The number of anilines is 2. The first-order chi connectivity index (χ1) is 11.3. The molecule has 3 rings (SSSR count). The normalized spacial score (nSPS) is 10.1. The van der Waals surface area contributed by atoms with E-state index in [-0.39, 0.29) is 5.78 Å². The quantitative estimate of drug-likeness (QED) is 0.722. The maximum atomic E-state index is 12.3. The fraction of sp³-hybridized carbons (Fsp3) is 0.0526. The van der Waals surface area contributed by atoms with Gasteiger partial charge in [0.15, 0.2) is 5.78 Å². The van der Waals surface area contributed by atoms with Crippen LogP contribution >= 0.6 is 0 Å². The summed E-state index contributed by atoms with van der Waals surface area (Å²) in [7, 11) is 1.64. The Bertz CT molecular complexity index is 799. The second kappa shape index (κ2) is 6.75. The smallest absolute Gasteiger partial charge is 0.193 e. The van der Waals surface area contributed by atoms with Crippen LogP contribution in [-0.2, 0) is 0 Å². The molecule has 0 bridgehead atoms. The Labute approximate surface area is 134 Å². The summed E-state index contributed by atoms with van der Waals surface area (Å²) in [6.07, 6.45) is 3.23. The van der Waals surface area contributed by atoms with Crippen molar-refractivity contribution in [3.05, 3.63) is 84.2 Å². The predicted octanol–water partition coefficient (Wildman–Crippen LogP) is 4.06. The minimum absolute atomic E-state index is 0.0174. The van der Waals surface area contributed by atoms with Gasteiger partial charge in [0.1, 0.15) is 5.75 Å². The van der Waals surface area contributed by atoms with Gasteiger partial charge in [0, 0.05) is 29.2 Å². The van der Waals surface area contributed by atoms with Crippen LogP contribution in [0.5, 0.6) is 5.75 Å². The van der Waals surface area contributed by atoms with Gasteiger partial charge in [-0.05, 0) is 48.5 Å². The van der Waals surface area contributed by atoms with E-state index in [2.05, 4.69) is 10.3 Å². The molecule has 0 aliphatic carbocycles. The standard InChI is InChI=1S/C19H16N2O2/c1-23-18-5-3-2-4-17(18)21-16-8-6-14(7-9-16)19(22)15-10-12-20-13-11-15/h2-13,21H,1H3. The first kappa shape index (κ1) is 14.8. The van der Waals surface area contributed by atoms with E-state index in [1.54, 1.807) is 43.8 Å². The summed E-state index contributed by atoms with van der Waals surface area (Å²) >= 11 is 0. The Hall–Kier alpha value is -3.14. The molecule has 23 heavy (non-hydrogen) atoms. The summed E-state index contributed by atoms with van der Waals surface area (Å²) in [6.45, 7) is 0. The second-order valence-electron chi connectivity index (χ2n) is 4.97. The molecule has 0 aliphatic rings. The SMILES string of the molecule is COc1ccccc1Nc1ccc(C(=O)c2ccncc2)cc1. The van der Waals surface area contributed by atoms with E-state index in [9.17, 15) is 4.79 Å². The van der Waals surface area contributed by atoms with Crippen molar-refractivity contribution in [1.82, 2.24) is 4.98 Å². The van der Waals surface area contributed by atoms with Crippen LogP contribution in [0.2, 0.25) is 0 Å². The van der Waals surface area contributed by atoms with Gasteiger partial charge in [-0.25, -0.2) is 0 Å². The number of benzene rings is 2. The Balaban J connectivity index is 1.79. The Kier molecular flexibility index (Phi) is 4.34. The number of nitrogens with zero attached hydrogens (tertiary/aromatic N) is 1. The van der Waals surface area contributed by atoms with E-state index in [1.165, 1.54) is 0 Å². The van der Waals surface area contributed by atoms with Gasteiger partial charge in [-0.15, -0.1) is 0 Å². The summed E-state index contributed by atoms with van der Waals surface area (Å²) in [5, 5.41) is 3.28. The van der Waals surface area contributed by atoms with Gasteiger partial charge in [0.05, 0.1) is 12.8 Å². The van der Waals surface area contributed by atoms with E-state index in [0.29, 0.717) is 11.1 Å². The third kappa shape index (κ3) is 3.37. The number of hydrogen-bond acceptors (Lipinski definition) is 4. The number of nitrogens with one attached hydrogen (secondary N) is 1. The predicted molar refractivity (Wildman–Crippen MR) is 90.4 cm³/mol. The van der Waals surface area contributed by atoms with Crippen molar-refractivity contribution in [1.29, 1.82) is 0 Å². The summed E-state index contributed by atoms with van der Waals surface area (Å²) < 4.78 is 5.31. The Morgan fingerprint density at radius 3 is 2.26 bits per heavy atom. The van der Waals surface area contributed by atoms with Gasteiger partial charge in [0.2, 0.25) is 0 Å². The first-order valence-corrected chi connectivity index (χ1v) is 7.23. The first-order valence-electron chi connectivity index (χ1n) is 7.23. The average Bonchev–Trinajstić information content (AvgIpc) is 2.63. The minimum atomic E-state index is -0.0174. The molecule has 0 saturated carbocycles. The molecule has 0 unspecified atom stereocenters. The number of pyridine rings is 1. The molecule has 4 nitrogen and oxygen atoms in total. The third-order valence-electron chi connectivity index (χ3n) is 3.48. The van der Waals surface area contributed by atoms with Crippen molar-refractivity contribution in [3.63, 3.8) is 0 Å². The Morgan fingerprint density at radius 2 is 1.57 bits per heavy atom. The third-order valence-corrected chi connectivity index (χ3v) is 3.48. The highest BCUT2D eigenvalue weighted by molar-refractivity contribution is 6.09. The maximum absolute atomic E-state index is 12.3. The number of rotatable bonds is 5. The highest BCUT2D eigenvalue weighted by Crippen LogP contribution is 2.27. The molecule has 3 aromatic rings. The van der Waals surface area contributed by atoms with Crippen molar-refractivity contribution in [3.8, 4) is 5.75 Å². The second-order valence-corrected chi connectivity index (χ2v) is 4.97. The molecular formula is C19H16N2O2. The molecule has 2 aromatic carbocycles. The van der Waals surface area contributed by atoms with Crippen LogP contribution in [0.4, 0.5) is 11.4 Å². The van der Waals surface area contributed by atoms with E-state index in [0.717, 1.165) is 17.1 Å². The number of para-hydroxylation sites is 2. The van der Waals surface area contributed by atoms with Crippen LogP contribution in [0.15, 0.2) is 73.1 Å². The number of hydrogen-bond donors (Lipinski definition) is 1. The zero-order chi connectivity index (χ0) is 16.1. The average molecular weight is 304 g/mol. The monoisotopic (exact) mass is 304 g/mol. The van der Waals surface area contributed by atoms with E-state index in [1.807, 2.05) is 36.4 Å². The van der Waals surface area contributed by atoms with Crippen LogP contribution in [0.1, 0.15) is 15.9 Å². The number of ketones is 1. The zero-order valence-corrected chi connectivity index (χ0v) is 12.7. The highest BCUT2D eigenvalue weighted by Gasteiger charge is 2.09. The lowest BCUT2D eigenvalue weighted by molar-refractivity contribution is 0.103. The lowest BCUT2D eigenvalue weighted by atomic mass is 10.0. The fourth-order valence-electron chi connectivity index (χ4n) is 2.28. The number of carbonyl (C=O) groups is 1. The lowest BCUT2D eigenvalue weighted by Crippen LogP contribution is -2.01. The zero-order valence-electron chi connectivity index (χ0n) is 12.7. The summed E-state index contributed by atoms with van der Waals surface area (Å²) in [4.78, 5) is 16.3. The minimum Gasteiger partial charge on any atom is -0.495 e. The van der Waals surface area contributed by atoms with Crippen LogP contribution in [0.25, 0.3) is 0 Å². The molecule has 0 atom stereocenters. The molecule has 0 fully saturated rings. The molecule has 0 aliphatic heterocycles. The summed E-state index contributed by atoms with van der Waals surface area (Å²) in [6, 6.07) is 18.5. The van der Waals surface area contributed by atoms with Gasteiger partial charge in [-0.1, -0.05) is 12.1 Å². The van der Waals surface area contributed by atoms with Gasteiger partial charge in [-0.2, -0.15) is 0 Å². The van der Waals surface area contributed by atoms with Crippen molar-refractivity contribution in [2.75, 3.05) is 12.4 Å². The fourth-order valence-corrected chi connectivity index (χ4v) is 2.28. The summed E-state index contributed by atoms with van der Waals surface area (Å²) in [5.41, 5.74) is 3.04. The summed E-state index contributed by atoms with van der Waals surface area (Å²) in [5.74, 6) is 0.751. The molecule has 0 amide bonds. The number of ether oxygens (including phenoxy) is 1.